The number of likely N-dealkylation sites (tertiary alicyclic amines) is 1. The van der Waals surface area contributed by atoms with Crippen LogP contribution < -0.4 is 0 Å². The Hall–Kier alpha value is -3.24. The maximum atomic E-state index is 14.0. The van der Waals surface area contributed by atoms with Gasteiger partial charge in [-0.1, -0.05) is 80.1 Å². The molecule has 1 amide bonds. The highest BCUT2D eigenvalue weighted by molar-refractivity contribution is 6.01. The van der Waals surface area contributed by atoms with Crippen molar-refractivity contribution in [2.75, 3.05) is 19.6 Å². The van der Waals surface area contributed by atoms with Gasteiger partial charge in [-0.15, -0.1) is 0 Å². The average Bonchev–Trinajstić information content (AvgIpc) is 3.43. The Balaban J connectivity index is 1.08. The lowest BCUT2D eigenvalue weighted by Crippen LogP contribution is -2.45. The van der Waals surface area contributed by atoms with Gasteiger partial charge < -0.3 is 9.80 Å². The Kier molecular flexibility index (Phi) is 6.46. The fourth-order valence-corrected chi connectivity index (χ4v) is 7.11. The van der Waals surface area contributed by atoms with Crippen LogP contribution in [0.25, 0.3) is 11.1 Å². The van der Waals surface area contributed by atoms with Gasteiger partial charge in [0, 0.05) is 37.7 Å². The Bertz CT molecular complexity index is 1280. The third-order valence-corrected chi connectivity index (χ3v) is 8.89. The molecule has 0 spiro atoms. The Morgan fingerprint density at radius 2 is 1.46 bits per heavy atom. The minimum absolute atomic E-state index is 0.193. The number of carbonyl (C=O) groups excluding carboxylic acids is 2. The van der Waals surface area contributed by atoms with E-state index in [1.165, 1.54) is 22.3 Å². The smallest absolute Gasteiger partial charge is 0.254 e. The molecular weight excluding hydrogens is 456 g/mol. The number of amides is 1. The number of fused-ring (bicyclic) bond motifs is 4. The second kappa shape index (κ2) is 9.90. The topological polar surface area (TPSA) is 40.6 Å². The van der Waals surface area contributed by atoms with Crippen molar-refractivity contribution >= 4 is 11.7 Å². The molecule has 0 unspecified atom stereocenters. The molecule has 3 aliphatic rings. The molecule has 2 aliphatic heterocycles. The van der Waals surface area contributed by atoms with Crippen LogP contribution in [0.2, 0.25) is 0 Å². The number of rotatable bonds is 8. The van der Waals surface area contributed by atoms with E-state index in [1.54, 1.807) is 0 Å². The van der Waals surface area contributed by atoms with E-state index in [0.717, 1.165) is 69.4 Å². The van der Waals surface area contributed by atoms with Crippen molar-refractivity contribution in [3.8, 4) is 11.1 Å². The van der Waals surface area contributed by atoms with Crippen LogP contribution in [-0.4, -0.2) is 47.2 Å². The molecule has 4 nitrogen and oxygen atoms in total. The highest BCUT2D eigenvalue weighted by Gasteiger charge is 2.47. The summed E-state index contributed by atoms with van der Waals surface area (Å²) in [4.78, 5) is 31.5. The number of hydrogen-bond donors (Lipinski definition) is 0. The summed E-state index contributed by atoms with van der Waals surface area (Å²) in [7, 11) is 0. The van der Waals surface area contributed by atoms with Crippen molar-refractivity contribution in [1.29, 1.82) is 0 Å². The van der Waals surface area contributed by atoms with Crippen molar-refractivity contribution < 1.29 is 9.59 Å². The Morgan fingerprint density at radius 3 is 2.08 bits per heavy atom. The molecule has 0 saturated carbocycles. The molecule has 3 aromatic rings. The molecule has 1 saturated heterocycles. The van der Waals surface area contributed by atoms with Crippen LogP contribution in [0.1, 0.15) is 72.5 Å². The number of benzene rings is 3. The largest absolute Gasteiger partial charge is 0.331 e. The number of Topliss-reactive ketones (excluding diaryl/α,β-unsaturated/α-hetero) is 1. The Labute approximate surface area is 220 Å². The molecule has 0 atom stereocenters. The van der Waals surface area contributed by atoms with E-state index in [0.29, 0.717) is 18.2 Å². The quantitative estimate of drug-likeness (QED) is 0.375. The van der Waals surface area contributed by atoms with Gasteiger partial charge in [0.1, 0.15) is 5.78 Å². The van der Waals surface area contributed by atoms with Crippen LogP contribution >= 0.6 is 0 Å². The van der Waals surface area contributed by atoms with Gasteiger partial charge in [-0.25, -0.2) is 0 Å². The maximum Gasteiger partial charge on any atom is 0.254 e. The van der Waals surface area contributed by atoms with Gasteiger partial charge in [0.2, 0.25) is 0 Å². The van der Waals surface area contributed by atoms with Gasteiger partial charge in [-0.2, -0.15) is 0 Å². The van der Waals surface area contributed by atoms with Gasteiger partial charge in [-0.3, -0.25) is 9.59 Å². The molecular formula is C33H36N2O2. The standard InChI is InChI=1S/C33H36N2O2/c1-2-19-33(29-14-7-5-12-27(29)28-13-6-8-15-30(28)33)31(36)16-9-20-34-21-17-25(18-22-34)35-23-24-10-3-4-11-26(24)32(35)37/h3-8,10-15,25H,2,9,16-23H2,1H3. The third-order valence-electron chi connectivity index (χ3n) is 8.89. The lowest BCUT2D eigenvalue weighted by atomic mass is 9.70. The Morgan fingerprint density at radius 1 is 0.865 bits per heavy atom. The first-order valence-electron chi connectivity index (χ1n) is 14.0. The van der Waals surface area contributed by atoms with Gasteiger partial charge >= 0.3 is 0 Å². The molecule has 1 fully saturated rings. The molecule has 1 aliphatic carbocycles. The van der Waals surface area contributed by atoms with Crippen molar-refractivity contribution in [2.24, 2.45) is 0 Å². The van der Waals surface area contributed by atoms with E-state index in [9.17, 15) is 9.59 Å². The zero-order valence-corrected chi connectivity index (χ0v) is 21.8. The number of nitrogens with zero attached hydrogens (tertiary/aromatic N) is 2. The number of carbonyl (C=O) groups is 2. The van der Waals surface area contributed by atoms with Crippen LogP contribution in [0.5, 0.6) is 0 Å². The van der Waals surface area contributed by atoms with Gasteiger partial charge in [0.15, 0.2) is 0 Å². The summed E-state index contributed by atoms with van der Waals surface area (Å²) in [6.45, 7) is 5.86. The normalized spacial score (nSPS) is 18.5. The lowest BCUT2D eigenvalue weighted by molar-refractivity contribution is -0.123. The first-order chi connectivity index (χ1) is 18.1. The SMILES string of the molecule is CCCC1(C(=O)CCCN2CCC(N3Cc4ccccc4C3=O)CC2)c2ccccc2-c2ccccc21. The van der Waals surface area contributed by atoms with E-state index >= 15 is 0 Å². The third kappa shape index (κ3) is 4.02. The van der Waals surface area contributed by atoms with Gasteiger partial charge in [0.25, 0.3) is 5.91 Å². The monoisotopic (exact) mass is 492 g/mol. The van der Waals surface area contributed by atoms with Crippen LogP contribution in [-0.2, 0) is 16.8 Å². The molecule has 6 rings (SSSR count). The van der Waals surface area contributed by atoms with E-state index < -0.39 is 5.41 Å². The molecule has 0 radical (unpaired) electrons. The summed E-state index contributed by atoms with van der Waals surface area (Å²) in [5, 5.41) is 0. The summed E-state index contributed by atoms with van der Waals surface area (Å²) in [5.41, 5.74) is 6.35. The van der Waals surface area contributed by atoms with Crippen molar-refractivity contribution in [3.05, 3.63) is 95.1 Å². The highest BCUT2D eigenvalue weighted by Crippen LogP contribution is 2.52. The number of piperidine rings is 1. The molecule has 0 aromatic heterocycles. The van der Waals surface area contributed by atoms with Gasteiger partial charge in [-0.05, 0) is 66.1 Å². The van der Waals surface area contributed by atoms with E-state index in [4.69, 9.17) is 0 Å². The molecule has 4 heteroatoms. The molecule has 3 aromatic carbocycles. The second-order valence-electron chi connectivity index (χ2n) is 10.9. The summed E-state index contributed by atoms with van der Waals surface area (Å²) in [5.74, 6) is 0.556. The zero-order valence-electron chi connectivity index (χ0n) is 21.8. The summed E-state index contributed by atoms with van der Waals surface area (Å²) in [6.07, 6.45) is 5.33. The minimum Gasteiger partial charge on any atom is -0.331 e. The molecule has 0 N–H and O–H groups in total. The molecule has 2 heterocycles. The van der Waals surface area contributed by atoms with Crippen molar-refractivity contribution in [2.45, 2.75) is 63.5 Å². The van der Waals surface area contributed by atoms with E-state index in [1.807, 2.05) is 18.2 Å². The summed E-state index contributed by atoms with van der Waals surface area (Å²) >= 11 is 0. The van der Waals surface area contributed by atoms with Crippen LogP contribution in [0.15, 0.2) is 72.8 Å². The fraction of sp³-hybridized carbons (Fsp3) is 0.394. The van der Waals surface area contributed by atoms with Gasteiger partial charge in [0.05, 0.1) is 5.41 Å². The lowest BCUT2D eigenvalue weighted by Gasteiger charge is -2.37. The van der Waals surface area contributed by atoms with E-state index in [-0.39, 0.29) is 5.91 Å². The second-order valence-corrected chi connectivity index (χ2v) is 10.9. The van der Waals surface area contributed by atoms with Crippen molar-refractivity contribution in [1.82, 2.24) is 9.80 Å². The predicted octanol–water partition coefficient (Wildman–Crippen LogP) is 6.22. The molecule has 37 heavy (non-hydrogen) atoms. The minimum atomic E-state index is -0.514. The van der Waals surface area contributed by atoms with Crippen LogP contribution in [0, 0.1) is 0 Å². The molecule has 0 bridgehead atoms. The first kappa shape index (κ1) is 24.1. The number of hydrogen-bond acceptors (Lipinski definition) is 3. The maximum absolute atomic E-state index is 14.0. The number of ketones is 1. The molecule has 190 valence electrons. The average molecular weight is 493 g/mol. The van der Waals surface area contributed by atoms with E-state index in [2.05, 4.69) is 71.3 Å². The van der Waals surface area contributed by atoms with Crippen LogP contribution in [0.3, 0.4) is 0 Å². The fourth-order valence-electron chi connectivity index (χ4n) is 7.11. The zero-order chi connectivity index (χ0) is 25.4. The van der Waals surface area contributed by atoms with Crippen molar-refractivity contribution in [3.63, 3.8) is 0 Å². The highest BCUT2D eigenvalue weighted by atomic mass is 16.2. The summed E-state index contributed by atoms with van der Waals surface area (Å²) in [6, 6.07) is 25.3. The first-order valence-corrected chi connectivity index (χ1v) is 14.0. The predicted molar refractivity (Wildman–Crippen MR) is 148 cm³/mol. The van der Waals surface area contributed by atoms with Crippen LogP contribution in [0.4, 0.5) is 0 Å². The summed E-state index contributed by atoms with van der Waals surface area (Å²) < 4.78 is 0.